The van der Waals surface area contributed by atoms with Gasteiger partial charge in [-0.25, -0.2) is 20.3 Å². The number of benzene rings is 1. The summed E-state index contributed by atoms with van der Waals surface area (Å²) in [6.07, 6.45) is 3.48. The van der Waals surface area contributed by atoms with Crippen molar-refractivity contribution in [2.75, 3.05) is 20.1 Å². The van der Waals surface area contributed by atoms with Crippen LogP contribution in [0.15, 0.2) is 44.4 Å². The number of nitrogens with one attached hydrogen (secondary N) is 1. The number of hydroxylamine groups is 1. The summed E-state index contributed by atoms with van der Waals surface area (Å²) in [7, 11) is 2.14. The Morgan fingerprint density at radius 3 is 2.87 bits per heavy atom. The van der Waals surface area contributed by atoms with E-state index in [2.05, 4.69) is 67.5 Å². The van der Waals surface area contributed by atoms with Gasteiger partial charge in [-0.15, -0.1) is 11.3 Å². The molecule has 3 aromatic rings. The molecule has 1 saturated heterocycles. The number of likely N-dealkylation sites (tertiary alicyclic amines) is 1. The average Bonchev–Trinajstić information content (AvgIpc) is 3.42. The van der Waals surface area contributed by atoms with Crippen LogP contribution in [0.5, 0.6) is 0 Å². The third-order valence-corrected chi connectivity index (χ3v) is 7.18. The Labute approximate surface area is 187 Å². The lowest BCUT2D eigenvalue weighted by Crippen LogP contribution is -2.43. The number of thiophene rings is 1. The van der Waals surface area contributed by atoms with Crippen molar-refractivity contribution in [1.82, 2.24) is 20.3 Å². The van der Waals surface area contributed by atoms with Crippen LogP contribution in [0.3, 0.4) is 0 Å². The summed E-state index contributed by atoms with van der Waals surface area (Å²) in [6.45, 7) is 5.13. The van der Waals surface area contributed by atoms with Crippen LogP contribution in [-0.4, -0.2) is 46.6 Å². The van der Waals surface area contributed by atoms with Gasteiger partial charge in [0.25, 0.3) is 0 Å². The number of piperidine rings is 1. The fourth-order valence-corrected chi connectivity index (χ4v) is 5.54. The van der Waals surface area contributed by atoms with Crippen LogP contribution in [0, 0.1) is 6.92 Å². The molecule has 0 saturated carbocycles. The Hall–Kier alpha value is -1.94. The fraction of sp³-hybridized carbons (Fsp3) is 0.429. The summed E-state index contributed by atoms with van der Waals surface area (Å²) >= 11 is 5.36. The number of oxazole rings is 1. The largest absolute Gasteiger partial charge is 0.449 e. The van der Waals surface area contributed by atoms with Crippen LogP contribution in [0.4, 0.5) is 0 Å². The molecule has 9 heteroatoms. The van der Waals surface area contributed by atoms with Crippen molar-refractivity contribution >= 4 is 43.3 Å². The van der Waals surface area contributed by atoms with Gasteiger partial charge in [-0.05, 0) is 30.6 Å². The quantitative estimate of drug-likeness (QED) is 0.589. The van der Waals surface area contributed by atoms with Gasteiger partial charge in [-0.2, -0.15) is 0 Å². The number of nitrogens with zero attached hydrogens (tertiary/aromatic N) is 4. The van der Waals surface area contributed by atoms with E-state index in [1.807, 2.05) is 6.92 Å². The summed E-state index contributed by atoms with van der Waals surface area (Å²) in [5.74, 6) is 1.43. The molecule has 4 heterocycles. The molecule has 2 aromatic heterocycles. The number of aryl methyl sites for hydroxylation is 1. The van der Waals surface area contributed by atoms with Crippen molar-refractivity contribution in [2.24, 2.45) is 4.99 Å². The monoisotopic (exact) mass is 489 g/mol. The number of hydrogen-bond donors (Lipinski definition) is 1. The highest BCUT2D eigenvalue weighted by Crippen LogP contribution is 2.32. The molecule has 7 nitrogen and oxygen atoms in total. The van der Waals surface area contributed by atoms with Gasteiger partial charge in [-0.1, -0.05) is 22.0 Å². The molecule has 1 aromatic carbocycles. The van der Waals surface area contributed by atoms with Crippen LogP contribution >= 0.6 is 27.3 Å². The number of guanidine groups is 1. The molecule has 1 spiro atoms. The van der Waals surface area contributed by atoms with Gasteiger partial charge in [0.2, 0.25) is 5.96 Å². The van der Waals surface area contributed by atoms with E-state index >= 15 is 0 Å². The second kappa shape index (κ2) is 7.96. The molecule has 0 amide bonds. The number of rotatable bonds is 4. The molecular formula is C21H24BrN5O2S. The van der Waals surface area contributed by atoms with Crippen molar-refractivity contribution in [3.63, 3.8) is 0 Å². The highest BCUT2D eigenvalue weighted by molar-refractivity contribution is 9.10. The van der Waals surface area contributed by atoms with Crippen LogP contribution in [0.25, 0.3) is 10.1 Å². The van der Waals surface area contributed by atoms with Gasteiger partial charge in [0.15, 0.2) is 11.6 Å². The van der Waals surface area contributed by atoms with Gasteiger partial charge in [0.05, 0.1) is 18.8 Å². The first-order valence-electron chi connectivity index (χ1n) is 10.0. The van der Waals surface area contributed by atoms with Gasteiger partial charge in [0, 0.05) is 46.9 Å². The second-order valence-electron chi connectivity index (χ2n) is 8.00. The summed E-state index contributed by atoms with van der Waals surface area (Å²) in [6, 6.07) is 8.63. The first-order chi connectivity index (χ1) is 14.5. The SMILES string of the molecule is Cc1nc(CN(Cc2cc3ccc(Br)cc3s2)C2=NC3(CCN(C)CC3)ON2)co1. The van der Waals surface area contributed by atoms with Gasteiger partial charge < -0.3 is 14.2 Å². The third-order valence-electron chi connectivity index (χ3n) is 5.61. The maximum absolute atomic E-state index is 6.01. The smallest absolute Gasteiger partial charge is 0.222 e. The summed E-state index contributed by atoms with van der Waals surface area (Å²) in [5, 5.41) is 1.25. The summed E-state index contributed by atoms with van der Waals surface area (Å²) in [5.41, 5.74) is 3.53. The zero-order valence-corrected chi connectivity index (χ0v) is 19.4. The second-order valence-corrected chi connectivity index (χ2v) is 10.1. The first kappa shape index (κ1) is 20.0. The van der Waals surface area contributed by atoms with Gasteiger partial charge >= 0.3 is 0 Å². The molecule has 2 aliphatic heterocycles. The molecule has 0 aliphatic carbocycles. The Balaban J connectivity index is 1.42. The minimum Gasteiger partial charge on any atom is -0.449 e. The van der Waals surface area contributed by atoms with E-state index in [9.17, 15) is 0 Å². The van der Waals surface area contributed by atoms with Crippen molar-refractivity contribution < 1.29 is 9.25 Å². The zero-order valence-electron chi connectivity index (χ0n) is 17.0. The van der Waals surface area contributed by atoms with E-state index in [0.29, 0.717) is 19.0 Å². The minimum atomic E-state index is -0.467. The summed E-state index contributed by atoms with van der Waals surface area (Å²) < 4.78 is 7.78. The molecule has 1 fully saturated rings. The van der Waals surface area contributed by atoms with Crippen molar-refractivity contribution in [2.45, 2.75) is 38.6 Å². The molecule has 1 N–H and O–H groups in total. The number of hydrogen-bond acceptors (Lipinski definition) is 8. The molecule has 5 rings (SSSR count). The van der Waals surface area contributed by atoms with Crippen molar-refractivity contribution in [3.05, 3.63) is 51.5 Å². The Kier molecular flexibility index (Phi) is 5.30. The Morgan fingerprint density at radius 1 is 1.27 bits per heavy atom. The van der Waals surface area contributed by atoms with E-state index in [1.165, 1.54) is 15.0 Å². The van der Waals surface area contributed by atoms with Gasteiger partial charge in [0.1, 0.15) is 6.26 Å². The van der Waals surface area contributed by atoms with Crippen molar-refractivity contribution in [1.29, 1.82) is 0 Å². The lowest BCUT2D eigenvalue weighted by Gasteiger charge is -2.33. The van der Waals surface area contributed by atoms with Gasteiger partial charge in [-0.3, -0.25) is 0 Å². The van der Waals surface area contributed by atoms with Crippen LogP contribution in [0.1, 0.15) is 29.3 Å². The van der Waals surface area contributed by atoms with E-state index in [1.54, 1.807) is 17.6 Å². The lowest BCUT2D eigenvalue weighted by molar-refractivity contribution is -0.0875. The van der Waals surface area contributed by atoms with Crippen molar-refractivity contribution in [3.8, 4) is 0 Å². The highest BCUT2D eigenvalue weighted by atomic mass is 79.9. The standard InChI is InChI=1S/C21H24BrN5O2S/c1-14-23-17(13-28-14)11-27(12-18-9-15-3-4-16(22)10-19(15)30-18)20-24-21(29-25-20)5-7-26(2)8-6-21/h3-4,9-10,13H,5-8,11-12H2,1-2H3,(H,24,25). The minimum absolute atomic E-state index is 0.467. The number of aliphatic imine (C=N–C) groups is 1. The third kappa shape index (κ3) is 4.12. The predicted octanol–water partition coefficient (Wildman–Crippen LogP) is 4.28. The first-order valence-corrected chi connectivity index (χ1v) is 11.7. The van der Waals surface area contributed by atoms with E-state index < -0.39 is 5.72 Å². The molecule has 158 valence electrons. The number of fused-ring (bicyclic) bond motifs is 1. The molecular weight excluding hydrogens is 466 g/mol. The molecule has 30 heavy (non-hydrogen) atoms. The van der Waals surface area contributed by atoms with E-state index in [-0.39, 0.29) is 0 Å². The molecule has 0 atom stereocenters. The normalized spacial score (nSPS) is 18.7. The maximum atomic E-state index is 6.01. The molecule has 0 radical (unpaired) electrons. The molecule has 2 aliphatic rings. The number of halogens is 1. The van der Waals surface area contributed by atoms with E-state index in [4.69, 9.17) is 14.2 Å². The predicted molar refractivity (Wildman–Crippen MR) is 121 cm³/mol. The molecule has 0 bridgehead atoms. The highest BCUT2D eigenvalue weighted by Gasteiger charge is 2.40. The Bertz CT molecular complexity index is 1090. The number of aromatic nitrogens is 1. The zero-order chi connectivity index (χ0) is 20.7. The average molecular weight is 490 g/mol. The van der Waals surface area contributed by atoms with E-state index in [0.717, 1.165) is 42.1 Å². The Morgan fingerprint density at radius 2 is 2.10 bits per heavy atom. The summed E-state index contributed by atoms with van der Waals surface area (Å²) in [4.78, 5) is 21.3. The van der Waals surface area contributed by atoms with Crippen LogP contribution in [0.2, 0.25) is 0 Å². The lowest BCUT2D eigenvalue weighted by atomic mass is 10.0. The van der Waals surface area contributed by atoms with Crippen LogP contribution in [-0.2, 0) is 17.9 Å². The topological polar surface area (TPSA) is 66.1 Å². The van der Waals surface area contributed by atoms with Crippen LogP contribution < -0.4 is 5.48 Å². The maximum Gasteiger partial charge on any atom is 0.222 e. The fourth-order valence-electron chi connectivity index (χ4n) is 3.90. The molecule has 0 unspecified atom stereocenters.